The van der Waals surface area contributed by atoms with Gasteiger partial charge in [0.05, 0.1) is 37.5 Å². The summed E-state index contributed by atoms with van der Waals surface area (Å²) in [6.07, 6.45) is -1.98. The molecule has 2 saturated heterocycles. The van der Waals surface area contributed by atoms with Crippen molar-refractivity contribution in [3.63, 3.8) is 0 Å². The number of nitrogens with zero attached hydrogens (tertiary/aromatic N) is 3. The number of hydrogen-bond acceptors (Lipinski definition) is 11. The summed E-state index contributed by atoms with van der Waals surface area (Å²) in [4.78, 5) is 63.9. The van der Waals surface area contributed by atoms with Crippen LogP contribution in [0, 0.1) is 17.8 Å². The van der Waals surface area contributed by atoms with E-state index in [0.29, 0.717) is 41.1 Å². The molecule has 3 aliphatic heterocycles. The topological polar surface area (TPSA) is 155 Å². The van der Waals surface area contributed by atoms with E-state index in [4.69, 9.17) is 18.9 Å². The van der Waals surface area contributed by atoms with Crippen molar-refractivity contribution < 1.29 is 48.3 Å². The molecule has 6 atom stereocenters. The van der Waals surface area contributed by atoms with Gasteiger partial charge in [0.15, 0.2) is 0 Å². The first kappa shape index (κ1) is 42.9. The van der Waals surface area contributed by atoms with Gasteiger partial charge in [0.1, 0.15) is 42.4 Å². The number of fused-ring (bicyclic) bond motifs is 3. The van der Waals surface area contributed by atoms with Crippen LogP contribution in [0.2, 0.25) is 0 Å². The predicted octanol–water partition coefficient (Wildman–Crippen LogP) is 6.07. The van der Waals surface area contributed by atoms with Crippen molar-refractivity contribution in [2.45, 2.75) is 36.2 Å². The van der Waals surface area contributed by atoms with E-state index in [2.05, 4.69) is 11.8 Å². The first-order valence-electron chi connectivity index (χ1n) is 20.7. The van der Waals surface area contributed by atoms with Crippen LogP contribution in [0.1, 0.15) is 51.6 Å². The van der Waals surface area contributed by atoms with E-state index in [-0.39, 0.29) is 37.7 Å². The number of cyclic esters (lactones) is 1. The number of ether oxygens (including phenoxy) is 4. The number of anilines is 1. The Bertz CT molecular complexity index is 2530. The van der Waals surface area contributed by atoms with Gasteiger partial charge < -0.3 is 29.2 Å². The zero-order valence-electron chi connectivity index (χ0n) is 34.8. The second-order valence-electron chi connectivity index (χ2n) is 15.7. The summed E-state index contributed by atoms with van der Waals surface area (Å²) < 4.78 is 22.9. The number of aliphatic hydroxyl groups excluding tert-OH is 1. The highest BCUT2D eigenvalue weighted by atomic mass is 16.6. The Kier molecular flexibility index (Phi) is 12.7. The molecule has 5 aromatic rings. The molecular formula is C50H47N3O10. The number of aliphatic hydroxyl groups is 1. The summed E-state index contributed by atoms with van der Waals surface area (Å²) >= 11 is 0. The molecule has 0 aliphatic carbocycles. The molecule has 0 bridgehead atoms. The van der Waals surface area contributed by atoms with Gasteiger partial charge in [-0.3, -0.25) is 24.2 Å². The van der Waals surface area contributed by atoms with E-state index in [1.807, 2.05) is 103 Å². The fourth-order valence-electron chi connectivity index (χ4n) is 9.39. The number of carbonyl (C=O) groups excluding carboxylic acids is 3. The average Bonchev–Trinajstić information content (AvgIpc) is 3.76. The molecule has 3 heterocycles. The molecule has 1 spiro atoms. The molecule has 13 nitrogen and oxygen atoms in total. The third-order valence-electron chi connectivity index (χ3n) is 11.8. The van der Waals surface area contributed by atoms with Gasteiger partial charge >= 0.3 is 18.0 Å². The minimum atomic E-state index is -2.17. The predicted molar refractivity (Wildman–Crippen MR) is 231 cm³/mol. The number of carbonyl (C=O) groups is 4. The number of rotatable bonds is 13. The SMILES string of the molecule is COCCOC(=O)N1C(=O)[C@@]2(c3cc(C#CCN(C)Cc4ccccc4)ccc31)[C@H](c1cccc(OCCO)c1)N1[C@H](c3ccccc3)[C@H](c3ccccc3)OC(=O)[C@H]1[C@@H]2C(=O)O. The Morgan fingerprint density at radius 2 is 1.49 bits per heavy atom. The summed E-state index contributed by atoms with van der Waals surface area (Å²) in [5.41, 5.74) is 1.47. The zero-order valence-corrected chi connectivity index (χ0v) is 34.8. The number of hydrogen-bond donors (Lipinski definition) is 2. The van der Waals surface area contributed by atoms with Gasteiger partial charge in [0.25, 0.3) is 0 Å². The first-order valence-corrected chi connectivity index (χ1v) is 20.7. The van der Waals surface area contributed by atoms with Crippen LogP contribution in [0.3, 0.4) is 0 Å². The Labute approximate surface area is 365 Å². The van der Waals surface area contributed by atoms with Crippen LogP contribution in [-0.2, 0) is 40.6 Å². The molecule has 322 valence electrons. The van der Waals surface area contributed by atoms with Gasteiger partial charge in [-0.25, -0.2) is 9.69 Å². The van der Waals surface area contributed by atoms with E-state index in [1.165, 1.54) is 7.11 Å². The number of carboxylic acid groups (broad SMARTS) is 1. The van der Waals surface area contributed by atoms with Crippen LogP contribution in [0.15, 0.2) is 133 Å². The van der Waals surface area contributed by atoms with Gasteiger partial charge in [-0.2, -0.15) is 0 Å². The second-order valence-corrected chi connectivity index (χ2v) is 15.7. The van der Waals surface area contributed by atoms with Crippen molar-refractivity contribution in [3.8, 4) is 17.6 Å². The Morgan fingerprint density at radius 3 is 2.17 bits per heavy atom. The summed E-state index contributed by atoms with van der Waals surface area (Å²) in [6.45, 7) is 0.584. The largest absolute Gasteiger partial charge is 0.491 e. The molecule has 5 aromatic carbocycles. The molecule has 3 aliphatic rings. The van der Waals surface area contributed by atoms with Crippen molar-refractivity contribution in [1.29, 1.82) is 0 Å². The van der Waals surface area contributed by atoms with Crippen molar-refractivity contribution >= 4 is 29.6 Å². The first-order chi connectivity index (χ1) is 30.7. The van der Waals surface area contributed by atoms with Crippen LogP contribution in [0.25, 0.3) is 0 Å². The maximum absolute atomic E-state index is 15.9. The van der Waals surface area contributed by atoms with Crippen molar-refractivity contribution in [3.05, 3.63) is 167 Å². The third kappa shape index (κ3) is 8.06. The molecule has 0 saturated carbocycles. The lowest BCUT2D eigenvalue weighted by Crippen LogP contribution is -2.53. The van der Waals surface area contributed by atoms with Crippen LogP contribution in [0.5, 0.6) is 5.75 Å². The molecule has 2 fully saturated rings. The highest BCUT2D eigenvalue weighted by Gasteiger charge is 2.76. The quantitative estimate of drug-likeness (QED) is 0.0803. The van der Waals surface area contributed by atoms with Crippen LogP contribution >= 0.6 is 0 Å². The number of aliphatic carboxylic acids is 1. The van der Waals surface area contributed by atoms with Crippen molar-refractivity contribution in [2.75, 3.05) is 52.0 Å². The maximum atomic E-state index is 15.9. The second kappa shape index (κ2) is 18.7. The average molecular weight is 850 g/mol. The van der Waals surface area contributed by atoms with E-state index in [9.17, 15) is 24.6 Å². The molecule has 13 heteroatoms. The molecule has 0 aromatic heterocycles. The monoisotopic (exact) mass is 849 g/mol. The molecule has 0 radical (unpaired) electrons. The molecule has 0 unspecified atom stereocenters. The fraction of sp³-hybridized carbons (Fsp3) is 0.280. The van der Waals surface area contributed by atoms with Crippen molar-refractivity contribution in [2.24, 2.45) is 5.92 Å². The minimum absolute atomic E-state index is 0.0379. The highest BCUT2D eigenvalue weighted by Crippen LogP contribution is 2.66. The minimum Gasteiger partial charge on any atom is -0.491 e. The van der Waals surface area contributed by atoms with E-state index < -0.39 is 59.5 Å². The number of carboxylic acids is 1. The van der Waals surface area contributed by atoms with Gasteiger partial charge in [0, 0.05) is 19.2 Å². The van der Waals surface area contributed by atoms with E-state index in [0.717, 1.165) is 10.5 Å². The normalized spacial score (nSPS) is 22.5. The smallest absolute Gasteiger partial charge is 0.421 e. The number of morpholine rings is 1. The number of amides is 2. The number of esters is 1. The summed E-state index contributed by atoms with van der Waals surface area (Å²) in [6, 6.07) is 36.5. The van der Waals surface area contributed by atoms with E-state index in [1.54, 1.807) is 47.4 Å². The lowest BCUT2D eigenvalue weighted by Gasteiger charge is -2.46. The lowest BCUT2D eigenvalue weighted by atomic mass is 9.65. The Balaban J connectivity index is 1.37. The van der Waals surface area contributed by atoms with Crippen molar-refractivity contribution in [1.82, 2.24) is 9.80 Å². The summed E-state index contributed by atoms with van der Waals surface area (Å²) in [5, 5.41) is 21.3. The van der Waals surface area contributed by atoms with Gasteiger partial charge in [0.2, 0.25) is 5.91 Å². The van der Waals surface area contributed by atoms with Crippen LogP contribution in [0.4, 0.5) is 10.5 Å². The third-order valence-corrected chi connectivity index (χ3v) is 11.8. The summed E-state index contributed by atoms with van der Waals surface area (Å²) in [5.74, 6) is 1.78. The number of benzene rings is 5. The molecule has 2 N–H and O–H groups in total. The van der Waals surface area contributed by atoms with Crippen LogP contribution < -0.4 is 9.64 Å². The molecule has 63 heavy (non-hydrogen) atoms. The zero-order chi connectivity index (χ0) is 44.1. The van der Waals surface area contributed by atoms with E-state index >= 15 is 4.79 Å². The molecule has 8 rings (SSSR count). The van der Waals surface area contributed by atoms with Gasteiger partial charge in [-0.1, -0.05) is 115 Å². The Hall–Kier alpha value is -6.82. The standard InChI is InChI=1S/C50H47N3O10/c1-51(32-34-14-6-3-7-15-34)25-13-16-33-23-24-40-39(30-33)50(48(58)52(40)49(59)62-29-28-60-2)41(46(55)56)43-47(57)63-44(36-19-10-5-11-20-36)42(35-17-8-4-9-18-35)53(43)45(50)37-21-12-22-38(31-37)61-27-26-54/h3-12,14-15,17-24,30-31,41-45,54H,25-29,32H2,1-2H3,(H,55,56)/t41-,42-,43-,44+,45+,50-/m1/s1. The maximum Gasteiger partial charge on any atom is 0.421 e. The van der Waals surface area contributed by atoms with Gasteiger partial charge in [-0.05, 0) is 65.2 Å². The fourth-order valence-corrected chi connectivity index (χ4v) is 9.39. The molecular weight excluding hydrogens is 803 g/mol. The highest BCUT2D eigenvalue weighted by molar-refractivity contribution is 6.23. The Morgan fingerprint density at radius 1 is 0.810 bits per heavy atom. The van der Waals surface area contributed by atoms with Gasteiger partial charge in [-0.15, -0.1) is 0 Å². The molecule has 2 amide bonds. The number of methoxy groups -OCH3 is 1. The number of imide groups is 1. The van der Waals surface area contributed by atoms with Crippen LogP contribution in [-0.4, -0.2) is 97.1 Å². The lowest BCUT2D eigenvalue weighted by molar-refractivity contribution is -0.179. The summed E-state index contributed by atoms with van der Waals surface area (Å²) in [7, 11) is 3.40.